The van der Waals surface area contributed by atoms with Crippen LogP contribution >= 0.6 is 0 Å². The van der Waals surface area contributed by atoms with Crippen LogP contribution in [0.15, 0.2) is 18.0 Å². The summed E-state index contributed by atoms with van der Waals surface area (Å²) >= 11 is 0. The van der Waals surface area contributed by atoms with Crippen LogP contribution in [0.1, 0.15) is 19.0 Å². The van der Waals surface area contributed by atoms with E-state index in [1.165, 1.54) is 4.68 Å². The Kier molecular flexibility index (Phi) is 3.71. The summed E-state index contributed by atoms with van der Waals surface area (Å²) in [6.07, 6.45) is 2.31. The van der Waals surface area contributed by atoms with E-state index in [1.807, 2.05) is 27.9 Å². The Hall–Kier alpha value is -1.78. The lowest BCUT2D eigenvalue weighted by molar-refractivity contribution is -0.130. The minimum absolute atomic E-state index is 0.209. The van der Waals surface area contributed by atoms with E-state index in [2.05, 4.69) is 5.10 Å². The quantitative estimate of drug-likeness (QED) is 0.784. The normalized spacial score (nSPS) is 12.2. The van der Waals surface area contributed by atoms with Crippen molar-refractivity contribution in [3.8, 4) is 0 Å². The molecule has 1 rings (SSSR count). The number of hydrogen-bond acceptors (Lipinski definition) is 3. The molecule has 0 aromatic carbocycles. The van der Waals surface area contributed by atoms with Crippen LogP contribution in [-0.2, 0) is 4.79 Å². The van der Waals surface area contributed by atoms with Gasteiger partial charge in [0.2, 0.25) is 0 Å². The molecule has 0 amide bonds. The van der Waals surface area contributed by atoms with Crippen LogP contribution in [0.4, 0.5) is 0 Å². The molecule has 0 radical (unpaired) electrons. The third kappa shape index (κ3) is 2.42. The second-order valence-electron chi connectivity index (χ2n) is 3.75. The maximum absolute atomic E-state index is 11.3. The molecule has 0 atom stereocenters. The second kappa shape index (κ2) is 4.83. The third-order valence-corrected chi connectivity index (χ3v) is 2.30. The highest BCUT2D eigenvalue weighted by Gasteiger charge is 2.17. The molecular formula is C11H17N3O2. The molecule has 1 aromatic rings. The van der Waals surface area contributed by atoms with Crippen molar-refractivity contribution in [3.63, 3.8) is 0 Å². The maximum atomic E-state index is 11.3. The van der Waals surface area contributed by atoms with Crippen LogP contribution in [0, 0.1) is 6.92 Å². The van der Waals surface area contributed by atoms with Gasteiger partial charge in [-0.25, -0.2) is 9.48 Å². The summed E-state index contributed by atoms with van der Waals surface area (Å²) < 4.78 is 1.41. The van der Waals surface area contributed by atoms with Crippen molar-refractivity contribution < 1.29 is 9.90 Å². The van der Waals surface area contributed by atoms with Crippen LogP contribution in [0.5, 0.6) is 0 Å². The summed E-state index contributed by atoms with van der Waals surface area (Å²) in [4.78, 5) is 13.1. The Morgan fingerprint density at radius 3 is 2.50 bits per heavy atom. The number of allylic oxidation sites excluding steroid dienone is 1. The molecule has 16 heavy (non-hydrogen) atoms. The standard InChI is InChI=1S/C11H17N3O2/c1-5-9(13(3)4)10(11(15)16)14-7-6-8(2)12-14/h6-7H,5H2,1-4H3,(H,15,16). The van der Waals surface area contributed by atoms with E-state index in [0.29, 0.717) is 6.42 Å². The van der Waals surface area contributed by atoms with Gasteiger partial charge in [0, 0.05) is 26.0 Å². The number of carboxylic acid groups (broad SMARTS) is 1. The summed E-state index contributed by atoms with van der Waals surface area (Å²) in [6, 6.07) is 1.78. The highest BCUT2D eigenvalue weighted by molar-refractivity contribution is 6.09. The van der Waals surface area contributed by atoms with Gasteiger partial charge < -0.3 is 10.0 Å². The first-order valence-corrected chi connectivity index (χ1v) is 5.13. The smallest absolute Gasteiger partial charge is 0.356 e. The van der Waals surface area contributed by atoms with Crippen LogP contribution < -0.4 is 0 Å². The second-order valence-corrected chi connectivity index (χ2v) is 3.75. The monoisotopic (exact) mass is 223 g/mol. The lowest BCUT2D eigenvalue weighted by atomic mass is 10.2. The molecule has 1 heterocycles. The molecule has 5 nitrogen and oxygen atoms in total. The van der Waals surface area contributed by atoms with Crippen LogP contribution in [0.25, 0.3) is 5.70 Å². The Bertz CT molecular complexity index is 419. The summed E-state index contributed by atoms with van der Waals surface area (Å²) in [5.74, 6) is -0.964. The van der Waals surface area contributed by atoms with E-state index in [1.54, 1.807) is 17.2 Å². The average Bonchev–Trinajstić information content (AvgIpc) is 2.59. The highest BCUT2D eigenvalue weighted by atomic mass is 16.4. The molecule has 1 N–H and O–H groups in total. The number of carbonyl (C=O) groups is 1. The summed E-state index contributed by atoms with van der Waals surface area (Å²) in [5.41, 5.74) is 1.75. The molecule has 0 unspecified atom stereocenters. The van der Waals surface area contributed by atoms with E-state index in [-0.39, 0.29) is 5.70 Å². The van der Waals surface area contributed by atoms with Crippen molar-refractivity contribution in [2.75, 3.05) is 14.1 Å². The van der Waals surface area contributed by atoms with E-state index >= 15 is 0 Å². The SMILES string of the molecule is CCC(=C(C(=O)O)n1ccc(C)n1)N(C)C. The Balaban J connectivity index is 3.33. The molecule has 5 heteroatoms. The van der Waals surface area contributed by atoms with Gasteiger partial charge in [0.05, 0.1) is 5.69 Å². The molecule has 0 bridgehead atoms. The number of aryl methyl sites for hydroxylation is 1. The minimum Gasteiger partial charge on any atom is -0.476 e. The Morgan fingerprint density at radius 1 is 1.56 bits per heavy atom. The first-order valence-electron chi connectivity index (χ1n) is 5.13. The molecule has 1 aromatic heterocycles. The Labute approximate surface area is 95.0 Å². The summed E-state index contributed by atoms with van der Waals surface area (Å²) in [5, 5.41) is 13.4. The van der Waals surface area contributed by atoms with E-state index in [9.17, 15) is 9.90 Å². The molecule has 0 aliphatic carbocycles. The zero-order chi connectivity index (χ0) is 12.3. The van der Waals surface area contributed by atoms with Crippen molar-refractivity contribution in [1.29, 1.82) is 0 Å². The zero-order valence-corrected chi connectivity index (χ0v) is 10.1. The van der Waals surface area contributed by atoms with Crippen molar-refractivity contribution in [3.05, 3.63) is 23.7 Å². The summed E-state index contributed by atoms with van der Waals surface area (Å²) in [7, 11) is 3.66. The molecule has 0 saturated heterocycles. The van der Waals surface area contributed by atoms with Gasteiger partial charge in [0.15, 0.2) is 5.70 Å². The van der Waals surface area contributed by atoms with Gasteiger partial charge >= 0.3 is 5.97 Å². The van der Waals surface area contributed by atoms with Crippen molar-refractivity contribution >= 4 is 11.7 Å². The zero-order valence-electron chi connectivity index (χ0n) is 10.1. The largest absolute Gasteiger partial charge is 0.476 e. The Morgan fingerprint density at radius 2 is 2.19 bits per heavy atom. The topological polar surface area (TPSA) is 58.4 Å². The van der Waals surface area contributed by atoms with E-state index < -0.39 is 5.97 Å². The van der Waals surface area contributed by atoms with Crippen molar-refractivity contribution in [2.24, 2.45) is 0 Å². The number of aliphatic carboxylic acids is 1. The van der Waals surface area contributed by atoms with Gasteiger partial charge in [-0.3, -0.25) is 0 Å². The fourth-order valence-corrected chi connectivity index (χ4v) is 1.59. The fourth-order valence-electron chi connectivity index (χ4n) is 1.59. The molecule has 0 saturated carbocycles. The first-order chi connectivity index (χ1) is 7.47. The van der Waals surface area contributed by atoms with Crippen LogP contribution in [0.3, 0.4) is 0 Å². The average molecular weight is 223 g/mol. The highest BCUT2D eigenvalue weighted by Crippen LogP contribution is 2.16. The third-order valence-electron chi connectivity index (χ3n) is 2.30. The number of hydrogen-bond donors (Lipinski definition) is 1. The predicted octanol–water partition coefficient (Wildman–Crippen LogP) is 1.42. The molecule has 88 valence electrons. The van der Waals surface area contributed by atoms with Crippen molar-refractivity contribution in [2.45, 2.75) is 20.3 Å². The van der Waals surface area contributed by atoms with Gasteiger partial charge in [0.25, 0.3) is 0 Å². The number of carboxylic acids is 1. The molecule has 0 aliphatic heterocycles. The number of rotatable bonds is 4. The molecular weight excluding hydrogens is 206 g/mol. The lowest BCUT2D eigenvalue weighted by Gasteiger charge is -2.18. The molecule has 0 spiro atoms. The van der Waals surface area contributed by atoms with Gasteiger partial charge in [0.1, 0.15) is 0 Å². The van der Waals surface area contributed by atoms with E-state index in [4.69, 9.17) is 0 Å². The fraction of sp³-hybridized carbons (Fsp3) is 0.455. The number of aromatic nitrogens is 2. The first kappa shape index (κ1) is 12.3. The van der Waals surface area contributed by atoms with Gasteiger partial charge in [-0.2, -0.15) is 5.10 Å². The maximum Gasteiger partial charge on any atom is 0.356 e. The van der Waals surface area contributed by atoms with Crippen molar-refractivity contribution in [1.82, 2.24) is 14.7 Å². The molecule has 0 fully saturated rings. The lowest BCUT2D eigenvalue weighted by Crippen LogP contribution is -2.20. The van der Waals surface area contributed by atoms with Gasteiger partial charge in [-0.1, -0.05) is 6.92 Å². The van der Waals surface area contributed by atoms with E-state index in [0.717, 1.165) is 11.4 Å². The van der Waals surface area contributed by atoms with Crippen LogP contribution in [0.2, 0.25) is 0 Å². The van der Waals surface area contributed by atoms with Crippen LogP contribution in [-0.4, -0.2) is 39.9 Å². The number of nitrogens with zero attached hydrogens (tertiary/aromatic N) is 3. The summed E-state index contributed by atoms with van der Waals surface area (Å²) in [6.45, 7) is 3.76. The predicted molar refractivity (Wildman–Crippen MR) is 61.8 cm³/mol. The van der Waals surface area contributed by atoms with Gasteiger partial charge in [-0.05, 0) is 19.4 Å². The molecule has 0 aliphatic rings. The van der Waals surface area contributed by atoms with Gasteiger partial charge in [-0.15, -0.1) is 0 Å². The minimum atomic E-state index is -0.964.